The van der Waals surface area contributed by atoms with Gasteiger partial charge in [-0.15, -0.1) is 0 Å². The molecule has 5 nitrogen and oxygen atoms in total. The molecule has 1 heterocycles. The van der Waals surface area contributed by atoms with Gasteiger partial charge in [-0.1, -0.05) is 24.3 Å². The van der Waals surface area contributed by atoms with E-state index < -0.39 is 0 Å². The molecule has 0 spiro atoms. The number of nitrogens with zero attached hydrogens (tertiary/aromatic N) is 1. The van der Waals surface area contributed by atoms with Crippen LogP contribution in [0.15, 0.2) is 60.8 Å². The minimum atomic E-state index is -0.169. The Labute approximate surface area is 159 Å². The van der Waals surface area contributed by atoms with Gasteiger partial charge in [-0.2, -0.15) is 0 Å². The fraction of sp³-hybridized carbons (Fsp3) is 0.182. The highest BCUT2D eigenvalue weighted by Gasteiger charge is 2.09. The molecule has 27 heavy (non-hydrogen) atoms. The molecule has 3 aromatic rings. The Morgan fingerprint density at radius 2 is 1.81 bits per heavy atom. The number of aryl methyl sites for hydroxylation is 1. The summed E-state index contributed by atoms with van der Waals surface area (Å²) in [4.78, 5) is 16.8. The van der Waals surface area contributed by atoms with Gasteiger partial charge in [-0.3, -0.25) is 4.79 Å². The van der Waals surface area contributed by atoms with Gasteiger partial charge in [0, 0.05) is 18.4 Å². The second kappa shape index (κ2) is 8.36. The van der Waals surface area contributed by atoms with E-state index in [4.69, 9.17) is 4.74 Å². The number of ether oxygens (including phenoxy) is 1. The van der Waals surface area contributed by atoms with Crippen LogP contribution < -0.4 is 15.4 Å². The van der Waals surface area contributed by atoms with Crippen molar-refractivity contribution in [1.29, 1.82) is 0 Å². The number of anilines is 2. The second-order valence-electron chi connectivity index (χ2n) is 6.34. The Morgan fingerprint density at radius 3 is 2.48 bits per heavy atom. The second-order valence-corrected chi connectivity index (χ2v) is 6.34. The molecule has 0 unspecified atom stereocenters. The van der Waals surface area contributed by atoms with E-state index in [1.165, 1.54) is 0 Å². The molecule has 2 N–H and O–H groups in total. The van der Waals surface area contributed by atoms with Crippen LogP contribution in [0.3, 0.4) is 0 Å². The molecule has 0 fully saturated rings. The van der Waals surface area contributed by atoms with Gasteiger partial charge in [-0.25, -0.2) is 4.98 Å². The fourth-order valence-corrected chi connectivity index (χ4v) is 2.65. The maximum absolute atomic E-state index is 12.4. The Balaban J connectivity index is 1.60. The van der Waals surface area contributed by atoms with Crippen LogP contribution in [0.25, 0.3) is 0 Å². The zero-order valence-electron chi connectivity index (χ0n) is 15.7. The molecule has 0 atom stereocenters. The summed E-state index contributed by atoms with van der Waals surface area (Å²) in [6, 6.07) is 17.3. The molecule has 1 aromatic heterocycles. The van der Waals surface area contributed by atoms with Crippen LogP contribution in [-0.2, 0) is 6.54 Å². The maximum Gasteiger partial charge on any atom is 0.257 e. The Bertz CT molecular complexity index is 919. The number of nitrogens with one attached hydrogen (secondary N) is 2. The van der Waals surface area contributed by atoms with E-state index in [9.17, 15) is 4.79 Å². The molecule has 138 valence electrons. The monoisotopic (exact) mass is 361 g/mol. The normalized spacial score (nSPS) is 10.3. The van der Waals surface area contributed by atoms with Crippen molar-refractivity contribution in [2.24, 2.45) is 0 Å². The Hall–Kier alpha value is -3.34. The molecular weight excluding hydrogens is 338 g/mol. The molecule has 1 amide bonds. The lowest BCUT2D eigenvalue weighted by Crippen LogP contribution is -2.13. The molecule has 0 aliphatic heterocycles. The zero-order valence-corrected chi connectivity index (χ0v) is 15.7. The van der Waals surface area contributed by atoms with Crippen molar-refractivity contribution < 1.29 is 9.53 Å². The minimum Gasteiger partial charge on any atom is -0.497 e. The SMILES string of the molecule is COc1ccc(CNc2ccc(C(=O)Nc3cccc(C)c3C)cn2)cc1. The van der Waals surface area contributed by atoms with Crippen molar-refractivity contribution in [3.63, 3.8) is 0 Å². The van der Waals surface area contributed by atoms with Gasteiger partial charge in [0.15, 0.2) is 0 Å². The first-order valence-corrected chi connectivity index (χ1v) is 8.77. The van der Waals surface area contributed by atoms with Crippen molar-refractivity contribution in [1.82, 2.24) is 4.98 Å². The van der Waals surface area contributed by atoms with Crippen LogP contribution in [0.2, 0.25) is 0 Å². The zero-order chi connectivity index (χ0) is 19.2. The summed E-state index contributed by atoms with van der Waals surface area (Å²) >= 11 is 0. The average molecular weight is 361 g/mol. The number of hydrogen-bond donors (Lipinski definition) is 2. The molecule has 0 aliphatic carbocycles. The summed E-state index contributed by atoms with van der Waals surface area (Å²) in [7, 11) is 1.65. The predicted octanol–water partition coefficient (Wildman–Crippen LogP) is 4.57. The van der Waals surface area contributed by atoms with Crippen LogP contribution in [0.4, 0.5) is 11.5 Å². The maximum atomic E-state index is 12.4. The number of carbonyl (C=O) groups excluding carboxylic acids is 1. The molecule has 0 bridgehead atoms. The van der Waals surface area contributed by atoms with E-state index in [1.807, 2.05) is 62.4 Å². The first-order chi connectivity index (χ1) is 13.1. The molecule has 2 aromatic carbocycles. The number of hydrogen-bond acceptors (Lipinski definition) is 4. The van der Waals surface area contributed by atoms with Gasteiger partial charge < -0.3 is 15.4 Å². The van der Waals surface area contributed by atoms with Crippen LogP contribution in [0.1, 0.15) is 27.0 Å². The van der Waals surface area contributed by atoms with Gasteiger partial charge in [0.25, 0.3) is 5.91 Å². The quantitative estimate of drug-likeness (QED) is 0.675. The van der Waals surface area contributed by atoms with Gasteiger partial charge in [0.2, 0.25) is 0 Å². The van der Waals surface area contributed by atoms with E-state index in [0.29, 0.717) is 17.9 Å². The van der Waals surface area contributed by atoms with Gasteiger partial charge in [0.05, 0.1) is 12.7 Å². The highest BCUT2D eigenvalue weighted by Crippen LogP contribution is 2.19. The summed E-state index contributed by atoms with van der Waals surface area (Å²) in [5.74, 6) is 1.38. The minimum absolute atomic E-state index is 0.169. The number of rotatable bonds is 6. The van der Waals surface area contributed by atoms with E-state index in [1.54, 1.807) is 19.4 Å². The molecule has 0 aliphatic rings. The lowest BCUT2D eigenvalue weighted by molar-refractivity contribution is 0.102. The predicted molar refractivity (Wildman–Crippen MR) is 108 cm³/mol. The molecule has 0 saturated carbocycles. The van der Waals surface area contributed by atoms with Crippen molar-refractivity contribution in [2.75, 3.05) is 17.7 Å². The van der Waals surface area contributed by atoms with Gasteiger partial charge in [0.1, 0.15) is 11.6 Å². The molecular formula is C22H23N3O2. The number of pyridine rings is 1. The standard InChI is InChI=1S/C22H23N3O2/c1-15-5-4-6-20(16(15)2)25-22(26)18-9-12-21(24-14-18)23-13-17-7-10-19(27-3)11-8-17/h4-12,14H,13H2,1-3H3,(H,23,24)(H,25,26). The topological polar surface area (TPSA) is 63.2 Å². The van der Waals surface area contributed by atoms with Crippen molar-refractivity contribution in [3.05, 3.63) is 83.0 Å². The summed E-state index contributed by atoms with van der Waals surface area (Å²) < 4.78 is 5.15. The Morgan fingerprint density at radius 1 is 1.04 bits per heavy atom. The first kappa shape index (κ1) is 18.5. The summed E-state index contributed by atoms with van der Waals surface area (Å²) in [5, 5.41) is 6.19. The number of amides is 1. The molecule has 3 rings (SSSR count). The van der Waals surface area contributed by atoms with E-state index >= 15 is 0 Å². The number of benzene rings is 2. The van der Waals surface area contributed by atoms with E-state index in [-0.39, 0.29) is 5.91 Å². The van der Waals surface area contributed by atoms with Crippen LogP contribution in [0, 0.1) is 13.8 Å². The fourth-order valence-electron chi connectivity index (χ4n) is 2.65. The van der Waals surface area contributed by atoms with Crippen molar-refractivity contribution in [3.8, 4) is 5.75 Å². The summed E-state index contributed by atoms with van der Waals surface area (Å²) in [6.07, 6.45) is 1.58. The van der Waals surface area contributed by atoms with Crippen LogP contribution in [-0.4, -0.2) is 18.0 Å². The molecule has 5 heteroatoms. The largest absolute Gasteiger partial charge is 0.497 e. The van der Waals surface area contributed by atoms with Crippen LogP contribution in [0.5, 0.6) is 5.75 Å². The average Bonchev–Trinajstić information content (AvgIpc) is 2.70. The third-order valence-electron chi connectivity index (χ3n) is 4.51. The third kappa shape index (κ3) is 4.64. The summed E-state index contributed by atoms with van der Waals surface area (Å²) in [5.41, 5.74) is 4.67. The first-order valence-electron chi connectivity index (χ1n) is 8.77. The number of methoxy groups -OCH3 is 1. The number of carbonyl (C=O) groups is 1. The molecule has 0 saturated heterocycles. The van der Waals surface area contributed by atoms with Gasteiger partial charge in [-0.05, 0) is 60.9 Å². The Kier molecular flexibility index (Phi) is 5.71. The number of aromatic nitrogens is 1. The highest BCUT2D eigenvalue weighted by molar-refractivity contribution is 6.04. The highest BCUT2D eigenvalue weighted by atomic mass is 16.5. The van der Waals surface area contributed by atoms with E-state index in [2.05, 4.69) is 15.6 Å². The van der Waals surface area contributed by atoms with Crippen molar-refractivity contribution in [2.45, 2.75) is 20.4 Å². The van der Waals surface area contributed by atoms with Gasteiger partial charge >= 0.3 is 0 Å². The van der Waals surface area contributed by atoms with Crippen molar-refractivity contribution >= 4 is 17.4 Å². The lowest BCUT2D eigenvalue weighted by Gasteiger charge is -2.11. The summed E-state index contributed by atoms with van der Waals surface area (Å²) in [6.45, 7) is 4.66. The lowest BCUT2D eigenvalue weighted by atomic mass is 10.1. The van der Waals surface area contributed by atoms with Crippen LogP contribution >= 0.6 is 0 Å². The molecule has 0 radical (unpaired) electrons. The van der Waals surface area contributed by atoms with E-state index in [0.717, 1.165) is 28.1 Å². The third-order valence-corrected chi connectivity index (χ3v) is 4.51. The smallest absolute Gasteiger partial charge is 0.257 e.